The monoisotopic (exact) mass is 376 g/mol. The molecule has 23 heavy (non-hydrogen) atoms. The molecule has 0 heterocycles. The van der Waals surface area contributed by atoms with Gasteiger partial charge in [-0.3, -0.25) is 0 Å². The molecule has 1 N–H and O–H groups in total. The molecule has 0 saturated carbocycles. The predicted octanol–water partition coefficient (Wildman–Crippen LogP) is 4.44. The lowest BCUT2D eigenvalue weighted by Gasteiger charge is -2.15. The van der Waals surface area contributed by atoms with Gasteiger partial charge in [0, 0.05) is 16.1 Å². The molecule has 0 unspecified atom stereocenters. The van der Waals surface area contributed by atoms with Crippen molar-refractivity contribution >= 4 is 28.0 Å². The van der Waals surface area contributed by atoms with Gasteiger partial charge >= 0.3 is 5.97 Å². The number of carboxylic acid groups (broad SMARTS) is 1. The van der Waals surface area contributed by atoms with Crippen molar-refractivity contribution in [3.8, 4) is 11.5 Å². The van der Waals surface area contributed by atoms with E-state index >= 15 is 0 Å². The summed E-state index contributed by atoms with van der Waals surface area (Å²) >= 11 is 3.39. The SMILES string of the molecule is COc1cc(Br)cc(/C=C\C(=O)O)c1OCc1ccccc1C. The molecule has 5 heteroatoms. The Labute approximate surface area is 143 Å². The first kappa shape index (κ1) is 17.1. The lowest BCUT2D eigenvalue weighted by atomic mass is 10.1. The standard InChI is InChI=1S/C18H17BrO4/c1-12-5-3-4-6-14(12)11-23-18-13(7-8-17(20)21)9-15(19)10-16(18)22-2/h3-10H,11H2,1-2H3,(H,20,21)/b8-7-. The van der Waals surface area contributed by atoms with Crippen LogP contribution in [0.3, 0.4) is 0 Å². The number of halogens is 1. The Kier molecular flexibility index (Phi) is 5.82. The maximum Gasteiger partial charge on any atom is 0.328 e. The molecule has 0 fully saturated rings. The molecular formula is C18H17BrO4. The number of rotatable bonds is 6. The van der Waals surface area contributed by atoms with E-state index in [1.54, 1.807) is 19.2 Å². The van der Waals surface area contributed by atoms with Crippen molar-refractivity contribution in [2.45, 2.75) is 13.5 Å². The van der Waals surface area contributed by atoms with E-state index in [4.69, 9.17) is 14.6 Å². The fourth-order valence-electron chi connectivity index (χ4n) is 2.10. The highest BCUT2D eigenvalue weighted by Gasteiger charge is 2.12. The second-order valence-electron chi connectivity index (χ2n) is 4.91. The van der Waals surface area contributed by atoms with Gasteiger partial charge in [-0.15, -0.1) is 0 Å². The van der Waals surface area contributed by atoms with Crippen molar-refractivity contribution in [1.29, 1.82) is 0 Å². The first-order valence-electron chi connectivity index (χ1n) is 6.97. The van der Waals surface area contributed by atoms with Crippen LogP contribution in [0, 0.1) is 6.92 Å². The Hall–Kier alpha value is -2.27. The average Bonchev–Trinajstić information content (AvgIpc) is 2.52. The van der Waals surface area contributed by atoms with E-state index in [1.807, 2.05) is 31.2 Å². The minimum Gasteiger partial charge on any atom is -0.493 e. The van der Waals surface area contributed by atoms with Crippen molar-refractivity contribution < 1.29 is 19.4 Å². The third-order valence-electron chi connectivity index (χ3n) is 3.31. The van der Waals surface area contributed by atoms with E-state index in [9.17, 15) is 4.79 Å². The lowest BCUT2D eigenvalue weighted by molar-refractivity contribution is -0.131. The van der Waals surface area contributed by atoms with E-state index in [0.717, 1.165) is 21.7 Å². The summed E-state index contributed by atoms with van der Waals surface area (Å²) in [5, 5.41) is 8.84. The van der Waals surface area contributed by atoms with E-state index in [1.165, 1.54) is 6.08 Å². The Morgan fingerprint density at radius 3 is 2.70 bits per heavy atom. The minimum absolute atomic E-state index is 0.374. The molecule has 0 saturated heterocycles. The summed E-state index contributed by atoms with van der Waals surface area (Å²) in [6.07, 6.45) is 2.56. The van der Waals surface area contributed by atoms with Gasteiger partial charge in [0.05, 0.1) is 7.11 Å². The maximum atomic E-state index is 10.8. The van der Waals surface area contributed by atoms with Crippen molar-refractivity contribution in [1.82, 2.24) is 0 Å². The van der Waals surface area contributed by atoms with Gasteiger partial charge in [-0.25, -0.2) is 4.79 Å². The Bertz CT molecular complexity index is 738. The number of aryl methyl sites for hydroxylation is 1. The molecule has 0 atom stereocenters. The molecule has 0 amide bonds. The molecule has 0 bridgehead atoms. The van der Waals surface area contributed by atoms with Crippen LogP contribution in [0.2, 0.25) is 0 Å². The molecular weight excluding hydrogens is 360 g/mol. The average molecular weight is 377 g/mol. The Morgan fingerprint density at radius 1 is 1.30 bits per heavy atom. The molecule has 120 valence electrons. The van der Waals surface area contributed by atoms with Crippen molar-refractivity contribution in [2.24, 2.45) is 0 Å². The molecule has 0 aliphatic heterocycles. The molecule has 2 aromatic carbocycles. The number of carboxylic acids is 1. The van der Waals surface area contributed by atoms with Crippen LogP contribution in [0.5, 0.6) is 11.5 Å². The smallest absolute Gasteiger partial charge is 0.328 e. The van der Waals surface area contributed by atoms with Gasteiger partial charge in [0.2, 0.25) is 0 Å². The van der Waals surface area contributed by atoms with Crippen LogP contribution in [0.4, 0.5) is 0 Å². The van der Waals surface area contributed by atoms with Crippen molar-refractivity contribution in [3.05, 3.63) is 63.6 Å². The van der Waals surface area contributed by atoms with Crippen molar-refractivity contribution in [2.75, 3.05) is 7.11 Å². The lowest BCUT2D eigenvalue weighted by Crippen LogP contribution is -2.01. The normalized spacial score (nSPS) is 10.7. The molecule has 0 aliphatic rings. The summed E-state index contributed by atoms with van der Waals surface area (Å²) in [6.45, 7) is 2.39. The van der Waals surface area contributed by atoms with Crippen LogP contribution in [0.1, 0.15) is 16.7 Å². The fourth-order valence-corrected chi connectivity index (χ4v) is 2.56. The number of ether oxygens (including phenoxy) is 2. The van der Waals surface area contributed by atoms with E-state index < -0.39 is 5.97 Å². The van der Waals surface area contributed by atoms with Gasteiger partial charge in [0.1, 0.15) is 6.61 Å². The molecule has 2 rings (SSSR count). The third kappa shape index (κ3) is 4.60. The summed E-state index contributed by atoms with van der Waals surface area (Å²) in [5.41, 5.74) is 2.82. The third-order valence-corrected chi connectivity index (χ3v) is 3.76. The highest BCUT2D eigenvalue weighted by Crippen LogP contribution is 2.36. The number of hydrogen-bond acceptors (Lipinski definition) is 3. The molecule has 4 nitrogen and oxygen atoms in total. The largest absolute Gasteiger partial charge is 0.493 e. The topological polar surface area (TPSA) is 55.8 Å². The van der Waals surface area contributed by atoms with Gasteiger partial charge in [0.25, 0.3) is 0 Å². The van der Waals surface area contributed by atoms with Crippen LogP contribution in [0.25, 0.3) is 6.08 Å². The number of hydrogen-bond donors (Lipinski definition) is 1. The van der Waals surface area contributed by atoms with Gasteiger partial charge in [-0.05, 0) is 36.3 Å². The maximum absolute atomic E-state index is 10.8. The van der Waals surface area contributed by atoms with Gasteiger partial charge in [-0.1, -0.05) is 40.2 Å². The highest BCUT2D eigenvalue weighted by molar-refractivity contribution is 9.10. The summed E-state index contributed by atoms with van der Waals surface area (Å²) in [7, 11) is 1.55. The molecule has 2 aromatic rings. The first-order chi connectivity index (χ1) is 11.0. The van der Waals surface area contributed by atoms with Gasteiger partial charge < -0.3 is 14.6 Å². The zero-order valence-electron chi connectivity index (χ0n) is 12.9. The number of carbonyl (C=O) groups is 1. The van der Waals surface area contributed by atoms with E-state index in [-0.39, 0.29) is 0 Å². The minimum atomic E-state index is -1.02. The van der Waals surface area contributed by atoms with Gasteiger partial charge in [-0.2, -0.15) is 0 Å². The zero-order valence-corrected chi connectivity index (χ0v) is 14.5. The summed E-state index contributed by atoms with van der Waals surface area (Å²) in [4.78, 5) is 10.8. The predicted molar refractivity (Wildman–Crippen MR) is 92.9 cm³/mol. The van der Waals surface area contributed by atoms with Crippen LogP contribution in [0.15, 0.2) is 46.9 Å². The molecule has 0 aromatic heterocycles. The van der Waals surface area contributed by atoms with Crippen LogP contribution in [-0.2, 0) is 11.4 Å². The Morgan fingerprint density at radius 2 is 2.04 bits per heavy atom. The quantitative estimate of drug-likeness (QED) is 0.756. The summed E-state index contributed by atoms with van der Waals surface area (Å²) in [5.74, 6) is 0.0308. The summed E-state index contributed by atoms with van der Waals surface area (Å²) < 4.78 is 12.1. The molecule has 0 spiro atoms. The number of methoxy groups -OCH3 is 1. The first-order valence-corrected chi connectivity index (χ1v) is 7.76. The number of aliphatic carboxylic acids is 1. The zero-order chi connectivity index (χ0) is 16.8. The van der Waals surface area contributed by atoms with E-state index in [2.05, 4.69) is 15.9 Å². The van der Waals surface area contributed by atoms with Crippen LogP contribution >= 0.6 is 15.9 Å². The summed E-state index contributed by atoms with van der Waals surface area (Å²) in [6, 6.07) is 11.5. The highest BCUT2D eigenvalue weighted by atomic mass is 79.9. The fraction of sp³-hybridized carbons (Fsp3) is 0.167. The second kappa shape index (κ2) is 7.83. The second-order valence-corrected chi connectivity index (χ2v) is 5.83. The van der Waals surface area contributed by atoms with Gasteiger partial charge in [0.15, 0.2) is 11.5 Å². The van der Waals surface area contributed by atoms with Crippen molar-refractivity contribution in [3.63, 3.8) is 0 Å². The number of benzene rings is 2. The van der Waals surface area contributed by atoms with Crippen LogP contribution in [-0.4, -0.2) is 18.2 Å². The molecule has 0 aliphatic carbocycles. The van der Waals surface area contributed by atoms with E-state index in [0.29, 0.717) is 23.7 Å². The van der Waals surface area contributed by atoms with Crippen LogP contribution < -0.4 is 9.47 Å². The Balaban J connectivity index is 2.35. The molecule has 0 radical (unpaired) electrons.